The molecular weight excluding hydrogens is 301 g/mol. The summed E-state index contributed by atoms with van der Waals surface area (Å²) in [6.07, 6.45) is -2.55. The van der Waals surface area contributed by atoms with Crippen molar-refractivity contribution < 1.29 is 17.7 Å². The third kappa shape index (κ3) is 2.03. The molecule has 0 amide bonds. The van der Waals surface area contributed by atoms with Crippen molar-refractivity contribution in [1.29, 1.82) is 0 Å². The van der Waals surface area contributed by atoms with E-state index in [9.17, 15) is 13.2 Å². The van der Waals surface area contributed by atoms with Crippen molar-refractivity contribution in [3.63, 3.8) is 0 Å². The van der Waals surface area contributed by atoms with Crippen LogP contribution in [0.1, 0.15) is 24.0 Å². The predicted octanol–water partition coefficient (Wildman–Crippen LogP) is 1.83. The molecule has 1 aliphatic heterocycles. The first-order valence-electron chi connectivity index (χ1n) is 6.52. The molecule has 0 bridgehead atoms. The lowest BCUT2D eigenvalue weighted by atomic mass is 10.1. The minimum atomic E-state index is -4.53. The molecule has 4 rings (SSSR count). The first-order valence-corrected chi connectivity index (χ1v) is 6.52. The topological polar surface area (TPSA) is 81.1 Å². The lowest BCUT2D eigenvalue weighted by Crippen LogP contribution is -2.35. The number of rotatable bonds is 2. The highest BCUT2D eigenvalue weighted by atomic mass is 19.4. The molecule has 0 radical (unpaired) electrons. The van der Waals surface area contributed by atoms with Crippen molar-refractivity contribution in [1.82, 2.24) is 30.1 Å². The summed E-state index contributed by atoms with van der Waals surface area (Å²) in [4.78, 5) is 8.03. The number of hydrogen-bond donors (Lipinski definition) is 1. The van der Waals surface area contributed by atoms with Gasteiger partial charge in [0.15, 0.2) is 17.2 Å². The van der Waals surface area contributed by atoms with Gasteiger partial charge in [-0.25, -0.2) is 9.50 Å². The molecule has 3 aromatic rings. The maximum atomic E-state index is 12.9. The summed E-state index contributed by atoms with van der Waals surface area (Å²) in [5.41, 5.74) is -0.697. The van der Waals surface area contributed by atoms with Crippen molar-refractivity contribution in [2.45, 2.75) is 18.6 Å². The molecule has 1 N–H and O–H groups in total. The number of halogens is 3. The van der Waals surface area contributed by atoms with Crippen molar-refractivity contribution in [2.24, 2.45) is 0 Å². The Bertz CT molecular complexity index is 835. The maximum Gasteiger partial charge on any atom is 0.433 e. The summed E-state index contributed by atoms with van der Waals surface area (Å²) in [5, 5.41) is 10.8. The zero-order valence-corrected chi connectivity index (χ0v) is 11.0. The van der Waals surface area contributed by atoms with Gasteiger partial charge >= 0.3 is 6.18 Å². The Morgan fingerprint density at radius 1 is 1.36 bits per heavy atom. The molecular formula is C12H9F3N6O. The van der Waals surface area contributed by atoms with Crippen LogP contribution in [0, 0.1) is 0 Å². The molecule has 10 heteroatoms. The highest BCUT2D eigenvalue weighted by molar-refractivity contribution is 5.56. The van der Waals surface area contributed by atoms with E-state index in [-0.39, 0.29) is 23.3 Å². The number of nitrogens with zero attached hydrogens (tertiary/aromatic N) is 5. The molecule has 1 unspecified atom stereocenters. The summed E-state index contributed by atoms with van der Waals surface area (Å²) in [5.74, 6) is 0.546. The third-order valence-corrected chi connectivity index (χ3v) is 3.44. The SMILES string of the molecule is FC(F)(F)c1ccnc2cc(-c3nc(C4CCN4)no3)nn12. The first-order chi connectivity index (χ1) is 10.5. The highest BCUT2D eigenvalue weighted by Crippen LogP contribution is 2.30. The standard InChI is InChI=1S/C12H9F3N6O/c13-12(14,15)8-2-4-17-9-5-7(19-21(8)9)11-18-10(20-22-11)6-1-3-16-6/h2,4-6,16H,1,3H2. The van der Waals surface area contributed by atoms with Gasteiger partial charge in [0.05, 0.1) is 6.04 Å². The number of hydrogen-bond acceptors (Lipinski definition) is 6. The zero-order chi connectivity index (χ0) is 15.3. The number of fused-ring (bicyclic) bond motifs is 1. The van der Waals surface area contributed by atoms with Gasteiger partial charge in [-0.05, 0) is 19.0 Å². The van der Waals surface area contributed by atoms with Gasteiger partial charge in [-0.15, -0.1) is 0 Å². The van der Waals surface area contributed by atoms with E-state index in [0.29, 0.717) is 5.82 Å². The number of alkyl halides is 3. The van der Waals surface area contributed by atoms with Crippen LogP contribution in [-0.2, 0) is 6.18 Å². The van der Waals surface area contributed by atoms with Crippen LogP contribution < -0.4 is 5.32 Å². The van der Waals surface area contributed by atoms with Crippen molar-refractivity contribution >= 4 is 5.65 Å². The normalized spacial score (nSPS) is 18.6. The highest BCUT2D eigenvalue weighted by Gasteiger charge is 2.34. The van der Waals surface area contributed by atoms with Gasteiger partial charge in [0, 0.05) is 12.3 Å². The molecule has 0 spiro atoms. The van der Waals surface area contributed by atoms with Crippen LogP contribution in [0.2, 0.25) is 0 Å². The fraction of sp³-hybridized carbons (Fsp3) is 0.333. The molecule has 0 aliphatic carbocycles. The zero-order valence-electron chi connectivity index (χ0n) is 11.0. The average Bonchev–Trinajstić information content (AvgIpc) is 3.00. The lowest BCUT2D eigenvalue weighted by molar-refractivity contribution is -0.142. The van der Waals surface area contributed by atoms with Crippen LogP contribution in [0.3, 0.4) is 0 Å². The van der Waals surface area contributed by atoms with E-state index in [2.05, 4.69) is 25.5 Å². The minimum absolute atomic E-state index is 0.0263. The van der Waals surface area contributed by atoms with Gasteiger partial charge in [-0.3, -0.25) is 0 Å². The van der Waals surface area contributed by atoms with E-state index < -0.39 is 11.9 Å². The van der Waals surface area contributed by atoms with Crippen molar-refractivity contribution in [3.05, 3.63) is 29.8 Å². The van der Waals surface area contributed by atoms with Gasteiger partial charge in [-0.1, -0.05) is 5.16 Å². The molecule has 114 valence electrons. The molecule has 0 aromatic carbocycles. The monoisotopic (exact) mass is 310 g/mol. The van der Waals surface area contributed by atoms with E-state index in [4.69, 9.17) is 4.52 Å². The minimum Gasteiger partial charge on any atom is -0.332 e. The molecule has 1 atom stereocenters. The molecule has 1 fully saturated rings. The Morgan fingerprint density at radius 2 is 2.18 bits per heavy atom. The van der Waals surface area contributed by atoms with Crippen LogP contribution in [0.15, 0.2) is 22.9 Å². The average molecular weight is 310 g/mol. The van der Waals surface area contributed by atoms with Gasteiger partial charge in [0.2, 0.25) is 0 Å². The van der Waals surface area contributed by atoms with Gasteiger partial charge in [0.1, 0.15) is 5.69 Å². The molecule has 3 aromatic heterocycles. The van der Waals surface area contributed by atoms with E-state index in [1.54, 1.807) is 0 Å². The van der Waals surface area contributed by atoms with Gasteiger partial charge in [-0.2, -0.15) is 23.3 Å². The van der Waals surface area contributed by atoms with Crippen LogP contribution in [0.4, 0.5) is 13.2 Å². The summed E-state index contributed by atoms with van der Waals surface area (Å²) in [7, 11) is 0. The fourth-order valence-corrected chi connectivity index (χ4v) is 2.20. The molecule has 0 saturated carbocycles. The first kappa shape index (κ1) is 13.2. The second kappa shape index (κ2) is 4.50. The second-order valence-corrected chi connectivity index (χ2v) is 4.88. The van der Waals surface area contributed by atoms with E-state index in [0.717, 1.165) is 29.7 Å². The third-order valence-electron chi connectivity index (χ3n) is 3.44. The maximum absolute atomic E-state index is 12.9. The van der Waals surface area contributed by atoms with Crippen LogP contribution in [-0.4, -0.2) is 31.3 Å². The molecule has 4 heterocycles. The van der Waals surface area contributed by atoms with E-state index in [1.165, 1.54) is 6.07 Å². The van der Waals surface area contributed by atoms with E-state index >= 15 is 0 Å². The second-order valence-electron chi connectivity index (χ2n) is 4.88. The number of aromatic nitrogens is 5. The van der Waals surface area contributed by atoms with Crippen molar-refractivity contribution in [3.8, 4) is 11.6 Å². The van der Waals surface area contributed by atoms with Gasteiger partial charge < -0.3 is 9.84 Å². The fourth-order valence-electron chi connectivity index (χ4n) is 2.20. The Balaban J connectivity index is 1.78. The summed E-state index contributed by atoms with van der Waals surface area (Å²) in [6.45, 7) is 0.877. The lowest BCUT2D eigenvalue weighted by Gasteiger charge is -2.23. The van der Waals surface area contributed by atoms with E-state index in [1.807, 2.05) is 0 Å². The summed E-state index contributed by atoms with van der Waals surface area (Å²) in [6, 6.07) is 2.26. The molecule has 1 saturated heterocycles. The Hall–Kier alpha value is -2.49. The Morgan fingerprint density at radius 3 is 2.86 bits per heavy atom. The van der Waals surface area contributed by atoms with Gasteiger partial charge in [0.25, 0.3) is 5.89 Å². The Kier molecular flexibility index (Phi) is 2.70. The predicted molar refractivity (Wildman–Crippen MR) is 66.6 cm³/mol. The Labute approximate surface area is 121 Å². The number of nitrogens with one attached hydrogen (secondary N) is 1. The van der Waals surface area contributed by atoms with Crippen molar-refractivity contribution in [2.75, 3.05) is 6.54 Å². The summed E-state index contributed by atoms with van der Waals surface area (Å²) < 4.78 is 44.6. The van der Waals surface area contributed by atoms with Crippen LogP contribution >= 0.6 is 0 Å². The van der Waals surface area contributed by atoms with Crippen LogP contribution in [0.25, 0.3) is 17.2 Å². The quantitative estimate of drug-likeness (QED) is 0.778. The molecule has 1 aliphatic rings. The largest absolute Gasteiger partial charge is 0.433 e. The molecule has 7 nitrogen and oxygen atoms in total. The smallest absolute Gasteiger partial charge is 0.332 e. The van der Waals surface area contributed by atoms with Crippen LogP contribution in [0.5, 0.6) is 0 Å². The molecule has 22 heavy (non-hydrogen) atoms. The summed E-state index contributed by atoms with van der Waals surface area (Å²) >= 11 is 0.